The molecule has 4 nitrogen and oxygen atoms in total. The summed E-state index contributed by atoms with van der Waals surface area (Å²) in [6, 6.07) is 8.68. The molecule has 2 aromatic rings. The van der Waals surface area contributed by atoms with Crippen molar-refractivity contribution in [1.29, 1.82) is 0 Å². The van der Waals surface area contributed by atoms with E-state index in [1.807, 2.05) is 4.68 Å². The Bertz CT molecular complexity index is 724. The molecule has 1 saturated carbocycles. The predicted molar refractivity (Wildman–Crippen MR) is 96.7 cm³/mol. The molecule has 1 aromatic carbocycles. The first-order valence-corrected chi connectivity index (χ1v) is 8.98. The number of amides is 1. The minimum absolute atomic E-state index is 0.0448. The van der Waals surface area contributed by atoms with E-state index in [9.17, 15) is 4.79 Å². The van der Waals surface area contributed by atoms with Gasteiger partial charge in [-0.15, -0.1) is 0 Å². The molecule has 0 unspecified atom stereocenters. The molecule has 0 atom stereocenters. The van der Waals surface area contributed by atoms with Gasteiger partial charge in [0.2, 0.25) is 0 Å². The number of carbonyl (C=O) groups is 1. The van der Waals surface area contributed by atoms with E-state index < -0.39 is 0 Å². The van der Waals surface area contributed by atoms with E-state index >= 15 is 0 Å². The number of nitrogens with one attached hydrogen (secondary N) is 1. The van der Waals surface area contributed by atoms with Crippen molar-refractivity contribution < 1.29 is 4.79 Å². The van der Waals surface area contributed by atoms with E-state index in [1.165, 1.54) is 5.56 Å². The monoisotopic (exact) mass is 325 g/mol. The SMILES string of the molecule is CCc1c(C(=O)NC2CC2)c(CC(C)C)nn1-c1ccc(C)cc1. The van der Waals surface area contributed by atoms with Gasteiger partial charge < -0.3 is 5.32 Å². The fraction of sp³-hybridized carbons (Fsp3) is 0.500. The van der Waals surface area contributed by atoms with Gasteiger partial charge in [0.25, 0.3) is 5.91 Å². The molecule has 128 valence electrons. The van der Waals surface area contributed by atoms with Gasteiger partial charge in [-0.25, -0.2) is 4.68 Å². The fourth-order valence-corrected chi connectivity index (χ4v) is 3.01. The van der Waals surface area contributed by atoms with Crippen molar-refractivity contribution >= 4 is 5.91 Å². The quantitative estimate of drug-likeness (QED) is 0.877. The number of nitrogens with zero attached hydrogens (tertiary/aromatic N) is 2. The summed E-state index contributed by atoms with van der Waals surface area (Å²) in [6.45, 7) is 8.50. The second kappa shape index (κ2) is 6.80. The Balaban J connectivity index is 2.06. The summed E-state index contributed by atoms with van der Waals surface area (Å²) < 4.78 is 1.96. The Morgan fingerprint density at radius 2 is 1.96 bits per heavy atom. The van der Waals surface area contributed by atoms with Crippen molar-refractivity contribution in [3.63, 3.8) is 0 Å². The zero-order valence-corrected chi connectivity index (χ0v) is 15.1. The van der Waals surface area contributed by atoms with Gasteiger partial charge in [0, 0.05) is 6.04 Å². The summed E-state index contributed by atoms with van der Waals surface area (Å²) in [6.07, 6.45) is 3.79. The van der Waals surface area contributed by atoms with E-state index in [-0.39, 0.29) is 5.91 Å². The molecule has 1 N–H and O–H groups in total. The van der Waals surface area contributed by atoms with E-state index in [2.05, 4.69) is 57.3 Å². The molecule has 1 aromatic heterocycles. The number of carbonyl (C=O) groups excluding carboxylic acids is 1. The van der Waals surface area contributed by atoms with Gasteiger partial charge >= 0.3 is 0 Å². The van der Waals surface area contributed by atoms with Crippen molar-refractivity contribution in [3.05, 3.63) is 46.8 Å². The lowest BCUT2D eigenvalue weighted by molar-refractivity contribution is 0.0949. The molecular formula is C20H27N3O. The van der Waals surface area contributed by atoms with E-state index in [0.717, 1.165) is 48.3 Å². The van der Waals surface area contributed by atoms with Crippen LogP contribution in [-0.4, -0.2) is 21.7 Å². The standard InChI is InChI=1S/C20H27N3O/c1-5-18-19(20(24)21-15-8-9-15)17(12-13(2)3)22-23(18)16-10-6-14(4)7-11-16/h6-7,10-11,13,15H,5,8-9,12H2,1-4H3,(H,21,24). The number of rotatable bonds is 6. The van der Waals surface area contributed by atoms with Gasteiger partial charge in [-0.1, -0.05) is 38.5 Å². The maximum absolute atomic E-state index is 12.8. The molecule has 1 heterocycles. The Labute approximate surface area is 144 Å². The highest BCUT2D eigenvalue weighted by molar-refractivity contribution is 5.97. The minimum Gasteiger partial charge on any atom is -0.349 e. The Morgan fingerprint density at radius 3 is 2.50 bits per heavy atom. The summed E-state index contributed by atoms with van der Waals surface area (Å²) in [7, 11) is 0. The number of hydrogen-bond acceptors (Lipinski definition) is 2. The molecule has 1 aliphatic carbocycles. The highest BCUT2D eigenvalue weighted by Gasteiger charge is 2.29. The zero-order valence-electron chi connectivity index (χ0n) is 15.1. The summed E-state index contributed by atoms with van der Waals surface area (Å²) >= 11 is 0. The predicted octanol–water partition coefficient (Wildman–Crippen LogP) is 3.83. The normalized spacial score (nSPS) is 14.2. The van der Waals surface area contributed by atoms with Gasteiger partial charge in [0.15, 0.2) is 0 Å². The molecular weight excluding hydrogens is 298 g/mol. The van der Waals surface area contributed by atoms with E-state index in [1.54, 1.807) is 0 Å². The van der Waals surface area contributed by atoms with Gasteiger partial charge in [-0.3, -0.25) is 4.79 Å². The molecule has 0 radical (unpaired) electrons. The van der Waals surface area contributed by atoms with Gasteiger partial charge in [0.05, 0.1) is 22.6 Å². The smallest absolute Gasteiger partial charge is 0.255 e. The third-order valence-electron chi connectivity index (χ3n) is 4.41. The van der Waals surface area contributed by atoms with Gasteiger partial charge in [-0.2, -0.15) is 5.10 Å². The van der Waals surface area contributed by atoms with Crippen LogP contribution >= 0.6 is 0 Å². The summed E-state index contributed by atoms with van der Waals surface area (Å²) in [5.41, 5.74) is 4.96. The van der Waals surface area contributed by atoms with Crippen LogP contribution in [0.15, 0.2) is 24.3 Å². The fourth-order valence-electron chi connectivity index (χ4n) is 3.01. The Hall–Kier alpha value is -2.10. The van der Waals surface area contributed by atoms with E-state index in [0.29, 0.717) is 12.0 Å². The Kier molecular flexibility index (Phi) is 4.74. The highest BCUT2D eigenvalue weighted by atomic mass is 16.1. The molecule has 1 aliphatic rings. The molecule has 0 spiro atoms. The van der Waals surface area contributed by atoms with Crippen molar-refractivity contribution in [1.82, 2.24) is 15.1 Å². The van der Waals surface area contributed by atoms with Crippen LogP contribution in [0.3, 0.4) is 0 Å². The number of benzene rings is 1. The van der Waals surface area contributed by atoms with Crippen molar-refractivity contribution in [2.45, 2.75) is 59.4 Å². The maximum atomic E-state index is 12.8. The van der Waals surface area contributed by atoms with Crippen LogP contribution in [-0.2, 0) is 12.8 Å². The maximum Gasteiger partial charge on any atom is 0.255 e. The average Bonchev–Trinajstić information content (AvgIpc) is 3.27. The third kappa shape index (κ3) is 3.53. The van der Waals surface area contributed by atoms with Crippen LogP contribution in [0.4, 0.5) is 0 Å². The number of hydrogen-bond donors (Lipinski definition) is 1. The number of aryl methyl sites for hydroxylation is 1. The molecule has 1 fully saturated rings. The van der Waals surface area contributed by atoms with Crippen LogP contribution in [0.25, 0.3) is 5.69 Å². The lowest BCUT2D eigenvalue weighted by atomic mass is 10.0. The average molecular weight is 325 g/mol. The Morgan fingerprint density at radius 1 is 1.29 bits per heavy atom. The molecule has 3 rings (SSSR count). The van der Waals surface area contributed by atoms with Crippen LogP contribution in [0, 0.1) is 12.8 Å². The van der Waals surface area contributed by atoms with Crippen molar-refractivity contribution in [2.24, 2.45) is 5.92 Å². The first kappa shape index (κ1) is 16.7. The van der Waals surface area contributed by atoms with Crippen molar-refractivity contribution in [2.75, 3.05) is 0 Å². The summed E-state index contributed by atoms with van der Waals surface area (Å²) in [5, 5.41) is 7.97. The van der Waals surface area contributed by atoms with Crippen molar-refractivity contribution in [3.8, 4) is 5.69 Å². The largest absolute Gasteiger partial charge is 0.349 e. The lowest BCUT2D eigenvalue weighted by Crippen LogP contribution is -2.27. The molecule has 4 heteroatoms. The third-order valence-corrected chi connectivity index (χ3v) is 4.41. The van der Waals surface area contributed by atoms with Crippen LogP contribution < -0.4 is 5.32 Å². The molecule has 0 aliphatic heterocycles. The molecule has 24 heavy (non-hydrogen) atoms. The first-order valence-electron chi connectivity index (χ1n) is 8.98. The topological polar surface area (TPSA) is 46.9 Å². The summed E-state index contributed by atoms with van der Waals surface area (Å²) in [4.78, 5) is 12.8. The highest BCUT2D eigenvalue weighted by Crippen LogP contribution is 2.25. The zero-order chi connectivity index (χ0) is 17.3. The van der Waals surface area contributed by atoms with E-state index in [4.69, 9.17) is 5.10 Å². The second-order valence-corrected chi connectivity index (χ2v) is 7.22. The van der Waals surface area contributed by atoms with Crippen LogP contribution in [0.2, 0.25) is 0 Å². The molecule has 0 saturated heterocycles. The lowest BCUT2D eigenvalue weighted by Gasteiger charge is -2.09. The second-order valence-electron chi connectivity index (χ2n) is 7.22. The summed E-state index contributed by atoms with van der Waals surface area (Å²) in [5.74, 6) is 0.506. The van der Waals surface area contributed by atoms with Gasteiger partial charge in [0.1, 0.15) is 0 Å². The van der Waals surface area contributed by atoms with Crippen LogP contribution in [0.1, 0.15) is 60.9 Å². The minimum atomic E-state index is 0.0448. The first-order chi connectivity index (χ1) is 11.5. The van der Waals surface area contributed by atoms with Crippen LogP contribution in [0.5, 0.6) is 0 Å². The molecule has 1 amide bonds. The number of aromatic nitrogens is 2. The van der Waals surface area contributed by atoms with Gasteiger partial charge in [-0.05, 0) is 50.7 Å². The molecule has 0 bridgehead atoms.